The normalized spacial score (nSPS) is 28.8. The summed E-state index contributed by atoms with van der Waals surface area (Å²) in [6, 6.07) is 0. The Morgan fingerprint density at radius 2 is 2.24 bits per heavy atom. The first-order valence-corrected chi connectivity index (χ1v) is 7.23. The number of halogens is 2. The van der Waals surface area contributed by atoms with E-state index >= 15 is 0 Å². The monoisotopic (exact) mass is 306 g/mol. The van der Waals surface area contributed by atoms with E-state index in [9.17, 15) is 9.18 Å². The number of hydrogen-bond acceptors (Lipinski definition) is 2. The molecule has 0 unspecified atom stereocenters. The van der Waals surface area contributed by atoms with Crippen molar-refractivity contribution in [3.05, 3.63) is 12.2 Å². The third kappa shape index (κ3) is 4.78. The van der Waals surface area contributed by atoms with E-state index < -0.39 is 6.17 Å². The molecule has 1 rings (SSSR count). The molecular formula is C13H20BrFO2. The zero-order valence-corrected chi connectivity index (χ0v) is 11.8. The number of carbonyl (C=O) groups is 1. The summed E-state index contributed by atoms with van der Waals surface area (Å²) in [5.41, 5.74) is 0. The second-order valence-electron chi connectivity index (χ2n) is 4.49. The summed E-state index contributed by atoms with van der Waals surface area (Å²) in [6.45, 7) is 0. The third-order valence-corrected chi connectivity index (χ3v) is 4.23. The lowest BCUT2D eigenvalue weighted by molar-refractivity contribution is -0.140. The van der Waals surface area contributed by atoms with Crippen LogP contribution in [0.5, 0.6) is 0 Å². The van der Waals surface area contributed by atoms with Gasteiger partial charge in [0.2, 0.25) is 0 Å². The highest BCUT2D eigenvalue weighted by molar-refractivity contribution is 9.09. The van der Waals surface area contributed by atoms with Crippen molar-refractivity contribution >= 4 is 21.9 Å². The summed E-state index contributed by atoms with van der Waals surface area (Å²) in [5.74, 6) is 0.399. The van der Waals surface area contributed by atoms with Crippen molar-refractivity contribution in [3.8, 4) is 0 Å². The molecule has 4 heteroatoms. The molecule has 0 amide bonds. The van der Waals surface area contributed by atoms with Gasteiger partial charge in [-0.05, 0) is 37.5 Å². The molecule has 0 N–H and O–H groups in total. The van der Waals surface area contributed by atoms with Crippen molar-refractivity contribution in [1.29, 1.82) is 0 Å². The Hall–Kier alpha value is -0.380. The number of alkyl halides is 2. The minimum atomic E-state index is -0.664. The van der Waals surface area contributed by atoms with Crippen LogP contribution < -0.4 is 0 Å². The maximum atomic E-state index is 13.6. The maximum absolute atomic E-state index is 13.6. The molecule has 0 aromatic heterocycles. The molecule has 0 bridgehead atoms. The van der Waals surface area contributed by atoms with Crippen LogP contribution in [0.25, 0.3) is 0 Å². The lowest BCUT2D eigenvalue weighted by atomic mass is 9.93. The minimum absolute atomic E-state index is 0.142. The number of esters is 1. The average molecular weight is 307 g/mol. The second-order valence-corrected chi connectivity index (χ2v) is 5.14. The number of ether oxygens (including phenoxy) is 1. The number of rotatable bonds is 6. The van der Waals surface area contributed by atoms with Crippen molar-refractivity contribution in [2.45, 2.75) is 38.3 Å². The van der Waals surface area contributed by atoms with Gasteiger partial charge in [-0.25, -0.2) is 4.39 Å². The topological polar surface area (TPSA) is 26.3 Å². The van der Waals surface area contributed by atoms with Crippen molar-refractivity contribution in [1.82, 2.24) is 0 Å². The van der Waals surface area contributed by atoms with Crippen molar-refractivity contribution in [3.63, 3.8) is 0 Å². The van der Waals surface area contributed by atoms with Crippen LogP contribution in [0.3, 0.4) is 0 Å². The van der Waals surface area contributed by atoms with Gasteiger partial charge in [-0.1, -0.05) is 28.1 Å². The van der Waals surface area contributed by atoms with Gasteiger partial charge in [-0.2, -0.15) is 0 Å². The van der Waals surface area contributed by atoms with Crippen molar-refractivity contribution < 1.29 is 13.9 Å². The molecule has 0 aromatic carbocycles. The standard InChI is InChI=1S/C13H20BrFO2/c1-17-13(16)6-4-2-3-5-11-10(9-14)7-8-12(11)15/h2-3,10-12H,4-9H2,1H3/b3-2-/t10-,11-,12-/m1/s1. The zero-order chi connectivity index (χ0) is 12.7. The molecule has 2 nitrogen and oxygen atoms in total. The van der Waals surface area contributed by atoms with Gasteiger partial charge < -0.3 is 4.74 Å². The van der Waals surface area contributed by atoms with E-state index in [2.05, 4.69) is 20.7 Å². The first-order chi connectivity index (χ1) is 8.19. The zero-order valence-electron chi connectivity index (χ0n) is 10.2. The van der Waals surface area contributed by atoms with Gasteiger partial charge in [0.05, 0.1) is 7.11 Å². The van der Waals surface area contributed by atoms with E-state index in [1.165, 1.54) is 7.11 Å². The van der Waals surface area contributed by atoms with Gasteiger partial charge in [0, 0.05) is 11.8 Å². The van der Waals surface area contributed by atoms with E-state index in [-0.39, 0.29) is 11.9 Å². The Bertz CT molecular complexity index is 268. The molecule has 0 aliphatic heterocycles. The lowest BCUT2D eigenvalue weighted by Crippen LogP contribution is -2.16. The van der Waals surface area contributed by atoms with Crippen LogP contribution in [0.2, 0.25) is 0 Å². The average Bonchev–Trinajstić information content (AvgIpc) is 2.69. The quantitative estimate of drug-likeness (QED) is 0.425. The van der Waals surface area contributed by atoms with Gasteiger partial charge in [-0.3, -0.25) is 4.79 Å². The summed E-state index contributed by atoms with van der Waals surface area (Å²) >= 11 is 3.44. The lowest BCUT2D eigenvalue weighted by Gasteiger charge is -2.16. The largest absolute Gasteiger partial charge is 0.469 e. The Balaban J connectivity index is 2.24. The van der Waals surface area contributed by atoms with Crippen LogP contribution in [0.15, 0.2) is 12.2 Å². The first-order valence-electron chi connectivity index (χ1n) is 6.11. The Kier molecular flexibility index (Phi) is 6.78. The van der Waals surface area contributed by atoms with Crippen LogP contribution in [-0.4, -0.2) is 24.6 Å². The highest BCUT2D eigenvalue weighted by Crippen LogP contribution is 2.37. The SMILES string of the molecule is COC(=O)CC/C=C\C[C@@H]1[C@@H](CBr)CC[C@H]1F. The molecule has 0 heterocycles. The van der Waals surface area contributed by atoms with E-state index in [4.69, 9.17) is 0 Å². The number of hydrogen-bond donors (Lipinski definition) is 0. The Morgan fingerprint density at radius 1 is 1.47 bits per heavy atom. The fraction of sp³-hybridized carbons (Fsp3) is 0.769. The molecule has 0 radical (unpaired) electrons. The minimum Gasteiger partial charge on any atom is -0.469 e. The van der Waals surface area contributed by atoms with Crippen molar-refractivity contribution in [2.24, 2.45) is 11.8 Å². The first kappa shape index (κ1) is 14.7. The number of carbonyl (C=O) groups excluding carboxylic acids is 1. The smallest absolute Gasteiger partial charge is 0.305 e. The summed E-state index contributed by atoms with van der Waals surface area (Å²) < 4.78 is 18.1. The van der Waals surface area contributed by atoms with Crippen LogP contribution in [0.4, 0.5) is 4.39 Å². The summed E-state index contributed by atoms with van der Waals surface area (Å²) in [6.07, 6.45) is 6.81. The second kappa shape index (κ2) is 7.85. The molecule has 0 saturated heterocycles. The Labute approximate surface area is 111 Å². The van der Waals surface area contributed by atoms with E-state index in [0.29, 0.717) is 25.2 Å². The fourth-order valence-electron chi connectivity index (χ4n) is 2.30. The number of methoxy groups -OCH3 is 1. The molecule has 0 aromatic rings. The van der Waals surface area contributed by atoms with Gasteiger partial charge >= 0.3 is 5.97 Å². The third-order valence-electron chi connectivity index (χ3n) is 3.40. The van der Waals surface area contributed by atoms with Crippen LogP contribution >= 0.6 is 15.9 Å². The molecule has 1 aliphatic carbocycles. The highest BCUT2D eigenvalue weighted by atomic mass is 79.9. The summed E-state index contributed by atoms with van der Waals surface area (Å²) in [4.78, 5) is 10.9. The molecule has 1 fully saturated rings. The van der Waals surface area contributed by atoms with E-state index in [1.807, 2.05) is 12.2 Å². The molecular weight excluding hydrogens is 287 g/mol. The van der Waals surface area contributed by atoms with Crippen LogP contribution in [0, 0.1) is 11.8 Å². The fourth-order valence-corrected chi connectivity index (χ4v) is 3.11. The molecule has 0 spiro atoms. The van der Waals surface area contributed by atoms with Crippen LogP contribution in [-0.2, 0) is 9.53 Å². The van der Waals surface area contributed by atoms with Gasteiger partial charge in [-0.15, -0.1) is 0 Å². The Morgan fingerprint density at radius 3 is 2.88 bits per heavy atom. The molecule has 17 heavy (non-hydrogen) atoms. The molecule has 1 aliphatic rings. The number of allylic oxidation sites excluding steroid dienone is 2. The van der Waals surface area contributed by atoms with Gasteiger partial charge in [0.1, 0.15) is 6.17 Å². The molecule has 1 saturated carbocycles. The summed E-state index contributed by atoms with van der Waals surface area (Å²) in [7, 11) is 1.39. The van der Waals surface area contributed by atoms with Crippen LogP contribution in [0.1, 0.15) is 32.1 Å². The van der Waals surface area contributed by atoms with E-state index in [0.717, 1.165) is 18.2 Å². The van der Waals surface area contributed by atoms with Gasteiger partial charge in [0.15, 0.2) is 0 Å². The predicted molar refractivity (Wildman–Crippen MR) is 69.9 cm³/mol. The van der Waals surface area contributed by atoms with E-state index in [1.54, 1.807) is 0 Å². The van der Waals surface area contributed by atoms with Crippen molar-refractivity contribution in [2.75, 3.05) is 12.4 Å². The molecule has 98 valence electrons. The maximum Gasteiger partial charge on any atom is 0.305 e. The highest BCUT2D eigenvalue weighted by Gasteiger charge is 2.34. The predicted octanol–water partition coefficient (Wildman–Crippen LogP) is 3.65. The van der Waals surface area contributed by atoms with Gasteiger partial charge in [0.25, 0.3) is 0 Å². The summed E-state index contributed by atoms with van der Waals surface area (Å²) in [5, 5.41) is 0.883. The molecule has 3 atom stereocenters.